The molecule has 1 amide bonds. The number of benzene rings is 1. The fourth-order valence-corrected chi connectivity index (χ4v) is 4.59. The molecule has 8 nitrogen and oxygen atoms in total. The Morgan fingerprint density at radius 3 is 2.65 bits per heavy atom. The van der Waals surface area contributed by atoms with Crippen molar-refractivity contribution in [2.75, 3.05) is 26.7 Å². The number of likely N-dealkylation sites (N-methyl/N-ethyl adjacent to an activating group) is 1. The van der Waals surface area contributed by atoms with Crippen LogP contribution in [0.15, 0.2) is 47.5 Å². The van der Waals surface area contributed by atoms with Crippen molar-refractivity contribution in [2.45, 2.75) is 30.9 Å². The Kier molecular flexibility index (Phi) is 6.93. The maximum absolute atomic E-state index is 13.2. The van der Waals surface area contributed by atoms with Crippen LogP contribution in [0.25, 0.3) is 0 Å². The number of rotatable bonds is 6. The van der Waals surface area contributed by atoms with Gasteiger partial charge < -0.3 is 14.7 Å². The number of aliphatic hydroxyl groups is 1. The number of carbonyl (C=O) groups excluding carboxylic acids is 1. The van der Waals surface area contributed by atoms with Crippen LogP contribution < -0.4 is 4.74 Å². The number of aliphatic hydroxyl groups excluding tert-OH is 1. The van der Waals surface area contributed by atoms with Gasteiger partial charge in [-0.25, -0.2) is 17.8 Å². The number of hydrogen-bond acceptors (Lipinski definition) is 6. The predicted molar refractivity (Wildman–Crippen MR) is 112 cm³/mol. The lowest BCUT2D eigenvalue weighted by molar-refractivity contribution is 0.0373. The predicted octanol–water partition coefficient (Wildman–Crippen LogP) is 1.76. The molecule has 0 fully saturated rings. The monoisotopic (exact) mass is 451 g/mol. The summed E-state index contributed by atoms with van der Waals surface area (Å²) in [6.45, 7) is 3.64. The zero-order chi connectivity index (χ0) is 22.8. The molecule has 0 saturated carbocycles. The molecule has 1 aromatic heterocycles. The number of ether oxygens (including phenoxy) is 1. The van der Waals surface area contributed by atoms with E-state index in [1.807, 2.05) is 6.92 Å². The van der Waals surface area contributed by atoms with Crippen LogP contribution in [-0.2, 0) is 10.0 Å². The SMILES string of the molecule is C[C@H](CO)N1C[C@H](C)[C@H](CN(C)S(=O)(=O)c2ccc(F)cc2)Oc2ncccc2C1=O. The van der Waals surface area contributed by atoms with Crippen LogP contribution in [0.5, 0.6) is 5.88 Å². The Labute approximate surface area is 181 Å². The van der Waals surface area contributed by atoms with Crippen molar-refractivity contribution >= 4 is 15.9 Å². The topological polar surface area (TPSA) is 100 Å². The molecule has 1 N–H and O–H groups in total. The van der Waals surface area contributed by atoms with Gasteiger partial charge >= 0.3 is 0 Å². The molecule has 0 aliphatic carbocycles. The second kappa shape index (κ2) is 9.29. The molecule has 0 saturated heterocycles. The average Bonchev–Trinajstić information content (AvgIpc) is 2.75. The highest BCUT2D eigenvalue weighted by atomic mass is 32.2. The fourth-order valence-electron chi connectivity index (χ4n) is 3.41. The van der Waals surface area contributed by atoms with Gasteiger partial charge in [0.15, 0.2) is 0 Å². The summed E-state index contributed by atoms with van der Waals surface area (Å²) < 4.78 is 46.2. The molecule has 0 bridgehead atoms. The first-order valence-electron chi connectivity index (χ1n) is 9.90. The first kappa shape index (κ1) is 23.1. The second-order valence-electron chi connectivity index (χ2n) is 7.72. The van der Waals surface area contributed by atoms with Crippen LogP contribution >= 0.6 is 0 Å². The van der Waals surface area contributed by atoms with E-state index in [1.54, 1.807) is 24.0 Å². The van der Waals surface area contributed by atoms with Gasteiger partial charge in [0.25, 0.3) is 5.91 Å². The molecule has 31 heavy (non-hydrogen) atoms. The van der Waals surface area contributed by atoms with E-state index >= 15 is 0 Å². The lowest BCUT2D eigenvalue weighted by Crippen LogP contribution is -2.50. The van der Waals surface area contributed by atoms with Crippen molar-refractivity contribution in [1.82, 2.24) is 14.2 Å². The number of pyridine rings is 1. The minimum absolute atomic E-state index is 0.00751. The van der Waals surface area contributed by atoms with Crippen LogP contribution in [0, 0.1) is 11.7 Å². The summed E-state index contributed by atoms with van der Waals surface area (Å²) in [4.78, 5) is 18.7. The Bertz CT molecular complexity index is 1030. The van der Waals surface area contributed by atoms with Gasteiger partial charge in [-0.15, -0.1) is 0 Å². The van der Waals surface area contributed by atoms with E-state index in [9.17, 15) is 22.7 Å². The van der Waals surface area contributed by atoms with E-state index in [-0.39, 0.29) is 47.9 Å². The minimum atomic E-state index is -3.88. The molecule has 3 rings (SSSR count). The molecular weight excluding hydrogens is 425 g/mol. The summed E-state index contributed by atoms with van der Waals surface area (Å²) in [6.07, 6.45) is 0.879. The Hall–Kier alpha value is -2.56. The molecule has 0 unspecified atom stereocenters. The van der Waals surface area contributed by atoms with E-state index in [2.05, 4.69) is 4.98 Å². The van der Waals surface area contributed by atoms with Gasteiger partial charge in [0.2, 0.25) is 15.9 Å². The van der Waals surface area contributed by atoms with Crippen LogP contribution in [0.3, 0.4) is 0 Å². The van der Waals surface area contributed by atoms with Crippen molar-refractivity contribution in [3.8, 4) is 5.88 Å². The summed E-state index contributed by atoms with van der Waals surface area (Å²) >= 11 is 0. The number of nitrogens with zero attached hydrogens (tertiary/aromatic N) is 3. The van der Waals surface area contributed by atoms with Gasteiger partial charge in [-0.3, -0.25) is 4.79 Å². The normalized spacial score (nSPS) is 20.6. The molecule has 0 radical (unpaired) electrons. The van der Waals surface area contributed by atoms with E-state index in [1.165, 1.54) is 25.4 Å². The number of hydrogen-bond donors (Lipinski definition) is 1. The molecule has 0 spiro atoms. The third kappa shape index (κ3) is 4.86. The standard InChI is InChI=1S/C21H26FN3O5S/c1-14-11-25(15(2)13-26)21(27)18-5-4-10-23-20(18)30-19(14)12-24(3)31(28,29)17-8-6-16(22)7-9-17/h4-10,14-15,19,26H,11-13H2,1-3H3/t14-,15+,19-/m0/s1. The lowest BCUT2D eigenvalue weighted by Gasteiger charge is -2.37. The number of aromatic nitrogens is 1. The Balaban J connectivity index is 1.91. The highest BCUT2D eigenvalue weighted by molar-refractivity contribution is 7.89. The number of fused-ring (bicyclic) bond motifs is 1. The molecular formula is C21H26FN3O5S. The van der Waals surface area contributed by atoms with Gasteiger partial charge in [-0.1, -0.05) is 6.92 Å². The summed E-state index contributed by atoms with van der Waals surface area (Å²) in [6, 6.07) is 7.39. The molecule has 1 aromatic carbocycles. The van der Waals surface area contributed by atoms with Crippen LogP contribution in [0.2, 0.25) is 0 Å². The molecule has 168 valence electrons. The summed E-state index contributed by atoms with van der Waals surface area (Å²) in [5, 5.41) is 9.61. The van der Waals surface area contributed by atoms with Gasteiger partial charge in [-0.05, 0) is 43.3 Å². The van der Waals surface area contributed by atoms with Crippen molar-refractivity contribution in [3.05, 3.63) is 54.0 Å². The first-order chi connectivity index (χ1) is 14.6. The van der Waals surface area contributed by atoms with Gasteiger partial charge in [-0.2, -0.15) is 4.31 Å². The Morgan fingerprint density at radius 2 is 2.00 bits per heavy atom. The highest BCUT2D eigenvalue weighted by Crippen LogP contribution is 2.27. The van der Waals surface area contributed by atoms with E-state index in [0.29, 0.717) is 0 Å². The molecule has 3 atom stereocenters. The molecule has 1 aliphatic heterocycles. The Morgan fingerprint density at radius 1 is 1.32 bits per heavy atom. The summed E-state index contributed by atoms with van der Waals surface area (Å²) in [5.41, 5.74) is 0.253. The van der Waals surface area contributed by atoms with Crippen LogP contribution in [0.1, 0.15) is 24.2 Å². The van der Waals surface area contributed by atoms with Crippen molar-refractivity contribution < 1.29 is 27.4 Å². The number of carbonyl (C=O) groups is 1. The van der Waals surface area contributed by atoms with Crippen LogP contribution in [0.4, 0.5) is 4.39 Å². The van der Waals surface area contributed by atoms with Crippen LogP contribution in [-0.4, -0.2) is 72.5 Å². The number of sulfonamides is 1. The third-order valence-electron chi connectivity index (χ3n) is 5.40. The van der Waals surface area contributed by atoms with Gasteiger partial charge in [0.05, 0.1) is 24.1 Å². The van der Waals surface area contributed by atoms with E-state index in [0.717, 1.165) is 16.4 Å². The first-order valence-corrected chi connectivity index (χ1v) is 11.3. The van der Waals surface area contributed by atoms with E-state index in [4.69, 9.17) is 4.74 Å². The number of amides is 1. The largest absolute Gasteiger partial charge is 0.472 e. The maximum atomic E-state index is 13.2. The van der Waals surface area contributed by atoms with E-state index < -0.39 is 28.0 Å². The van der Waals surface area contributed by atoms with Gasteiger partial charge in [0, 0.05) is 25.7 Å². The zero-order valence-electron chi connectivity index (χ0n) is 17.6. The van der Waals surface area contributed by atoms with Crippen molar-refractivity contribution in [1.29, 1.82) is 0 Å². The summed E-state index contributed by atoms with van der Waals surface area (Å²) in [7, 11) is -2.45. The van der Waals surface area contributed by atoms with Gasteiger partial charge in [0.1, 0.15) is 17.5 Å². The molecule has 1 aliphatic rings. The highest BCUT2D eigenvalue weighted by Gasteiger charge is 2.35. The van der Waals surface area contributed by atoms with Crippen molar-refractivity contribution in [2.24, 2.45) is 5.92 Å². The summed E-state index contributed by atoms with van der Waals surface area (Å²) in [5.74, 6) is -0.975. The lowest BCUT2D eigenvalue weighted by atomic mass is 10.0. The maximum Gasteiger partial charge on any atom is 0.259 e. The second-order valence-corrected chi connectivity index (χ2v) is 9.76. The molecule has 10 heteroatoms. The third-order valence-corrected chi connectivity index (χ3v) is 7.24. The number of halogens is 1. The minimum Gasteiger partial charge on any atom is -0.472 e. The molecule has 2 aromatic rings. The average molecular weight is 452 g/mol. The fraction of sp³-hybridized carbons (Fsp3) is 0.429. The van der Waals surface area contributed by atoms with Crippen molar-refractivity contribution in [3.63, 3.8) is 0 Å². The molecule has 2 heterocycles. The quantitative estimate of drug-likeness (QED) is 0.719. The smallest absolute Gasteiger partial charge is 0.259 e. The zero-order valence-corrected chi connectivity index (χ0v) is 18.4.